The lowest BCUT2D eigenvalue weighted by atomic mass is 9.85. The minimum atomic E-state index is -4.76. The van der Waals surface area contributed by atoms with E-state index >= 15 is 0 Å². The summed E-state index contributed by atoms with van der Waals surface area (Å²) in [6.45, 7) is 0. The second-order valence-electron chi connectivity index (χ2n) is 5.66. The number of rotatable bonds is 4. The Morgan fingerprint density at radius 3 is 2.37 bits per heavy atom. The van der Waals surface area contributed by atoms with Gasteiger partial charge in [-0.25, -0.2) is 9.18 Å². The van der Waals surface area contributed by atoms with E-state index in [1.807, 2.05) is 0 Å². The van der Waals surface area contributed by atoms with Gasteiger partial charge in [0.2, 0.25) is 5.78 Å². The molecule has 3 rings (SSSR count). The highest BCUT2D eigenvalue weighted by atomic mass is 19.4. The third kappa shape index (κ3) is 3.23. The van der Waals surface area contributed by atoms with Crippen molar-refractivity contribution in [2.45, 2.75) is 11.7 Å². The molecule has 9 heteroatoms. The Morgan fingerprint density at radius 2 is 1.85 bits per heavy atom. The Kier molecular flexibility index (Phi) is 4.38. The van der Waals surface area contributed by atoms with Crippen molar-refractivity contribution in [2.24, 2.45) is 4.99 Å². The van der Waals surface area contributed by atoms with Crippen LogP contribution < -0.4 is 0 Å². The first-order chi connectivity index (χ1) is 12.6. The molecule has 0 saturated carbocycles. The quantitative estimate of drug-likeness (QED) is 0.651. The predicted molar refractivity (Wildman–Crippen MR) is 86.2 cm³/mol. The standard InChI is InChI=1S/C18H10F4N2O3/c19-13-4-3-11(18(20,21)22)8-12(13)15(25)17(6-1-7-24-17)14-5-2-10(9-23-14)16(26)27/h1-9H,(H,26,27). The van der Waals surface area contributed by atoms with Crippen LogP contribution in [0.3, 0.4) is 0 Å². The highest BCUT2D eigenvalue weighted by Gasteiger charge is 2.43. The number of pyridine rings is 1. The summed E-state index contributed by atoms with van der Waals surface area (Å²) in [4.78, 5) is 31.8. The Bertz CT molecular complexity index is 967. The van der Waals surface area contributed by atoms with Gasteiger partial charge >= 0.3 is 12.1 Å². The zero-order valence-corrected chi connectivity index (χ0v) is 13.4. The monoisotopic (exact) mass is 378 g/mol. The molecule has 1 aliphatic heterocycles. The highest BCUT2D eigenvalue weighted by Crippen LogP contribution is 2.36. The average Bonchev–Trinajstić information content (AvgIpc) is 3.11. The first kappa shape index (κ1) is 18.4. The molecule has 0 aliphatic carbocycles. The number of halogens is 4. The fraction of sp³-hybridized carbons (Fsp3) is 0.111. The summed E-state index contributed by atoms with van der Waals surface area (Å²) in [5.41, 5.74) is -4.04. The number of ketones is 1. The zero-order valence-electron chi connectivity index (χ0n) is 13.4. The number of hydrogen-bond acceptors (Lipinski definition) is 4. The summed E-state index contributed by atoms with van der Waals surface area (Å²) in [5, 5.41) is 8.93. The largest absolute Gasteiger partial charge is 0.478 e. The molecule has 1 aliphatic rings. The molecule has 1 unspecified atom stereocenters. The summed E-state index contributed by atoms with van der Waals surface area (Å²) >= 11 is 0. The average molecular weight is 378 g/mol. The molecule has 1 atom stereocenters. The number of allylic oxidation sites excluding steroid dienone is 1. The van der Waals surface area contributed by atoms with Gasteiger partial charge < -0.3 is 5.11 Å². The van der Waals surface area contributed by atoms with Gasteiger partial charge in [0.25, 0.3) is 0 Å². The van der Waals surface area contributed by atoms with Gasteiger partial charge in [0.1, 0.15) is 5.82 Å². The van der Waals surface area contributed by atoms with Crippen LogP contribution in [0.2, 0.25) is 0 Å². The van der Waals surface area contributed by atoms with E-state index in [4.69, 9.17) is 5.11 Å². The van der Waals surface area contributed by atoms with Crippen molar-refractivity contribution < 1.29 is 32.3 Å². The number of aliphatic imine (C=N–C) groups is 1. The minimum Gasteiger partial charge on any atom is -0.478 e. The smallest absolute Gasteiger partial charge is 0.416 e. The number of carbonyl (C=O) groups excluding carboxylic acids is 1. The third-order valence-corrected chi connectivity index (χ3v) is 3.99. The van der Waals surface area contributed by atoms with Crippen LogP contribution in [0.25, 0.3) is 0 Å². The zero-order chi connectivity index (χ0) is 19.8. The van der Waals surface area contributed by atoms with Gasteiger partial charge in [0, 0.05) is 12.4 Å². The van der Waals surface area contributed by atoms with Gasteiger partial charge in [0.15, 0.2) is 5.54 Å². The van der Waals surface area contributed by atoms with Crippen molar-refractivity contribution in [1.82, 2.24) is 4.98 Å². The number of nitrogens with zero attached hydrogens (tertiary/aromatic N) is 2. The molecule has 0 radical (unpaired) electrons. The normalized spacial score (nSPS) is 18.7. The predicted octanol–water partition coefficient (Wildman–Crippen LogP) is 3.66. The lowest BCUT2D eigenvalue weighted by Crippen LogP contribution is -2.33. The second kappa shape index (κ2) is 6.42. The summed E-state index contributed by atoms with van der Waals surface area (Å²) in [5.74, 6) is -3.43. The van der Waals surface area contributed by atoms with E-state index in [0.29, 0.717) is 18.2 Å². The lowest BCUT2D eigenvalue weighted by molar-refractivity contribution is -0.137. The first-order valence-electron chi connectivity index (χ1n) is 7.49. The second-order valence-corrected chi connectivity index (χ2v) is 5.66. The molecule has 0 spiro atoms. The third-order valence-electron chi connectivity index (χ3n) is 3.99. The number of carboxylic acids is 1. The number of benzene rings is 1. The van der Waals surface area contributed by atoms with E-state index in [9.17, 15) is 27.2 Å². The van der Waals surface area contributed by atoms with E-state index in [-0.39, 0.29) is 11.3 Å². The van der Waals surface area contributed by atoms with Crippen molar-refractivity contribution >= 4 is 18.0 Å². The summed E-state index contributed by atoms with van der Waals surface area (Å²) in [6.07, 6.45) is 0.0904. The minimum absolute atomic E-state index is 0.0423. The molecule has 1 aromatic heterocycles. The van der Waals surface area contributed by atoms with Gasteiger partial charge in [-0.15, -0.1) is 0 Å². The molecule has 0 bridgehead atoms. The van der Waals surface area contributed by atoms with Crippen molar-refractivity contribution in [3.8, 4) is 0 Å². The van der Waals surface area contributed by atoms with Crippen LogP contribution in [0, 0.1) is 5.82 Å². The number of carboxylic acid groups (broad SMARTS) is 1. The Morgan fingerprint density at radius 1 is 1.11 bits per heavy atom. The molecular weight excluding hydrogens is 368 g/mol. The molecule has 27 heavy (non-hydrogen) atoms. The molecule has 0 fully saturated rings. The van der Waals surface area contributed by atoms with Crippen LogP contribution in [-0.2, 0) is 11.7 Å². The van der Waals surface area contributed by atoms with Crippen LogP contribution >= 0.6 is 0 Å². The van der Waals surface area contributed by atoms with Gasteiger partial charge in [0.05, 0.1) is 22.4 Å². The van der Waals surface area contributed by atoms with E-state index in [0.717, 1.165) is 6.20 Å². The van der Waals surface area contributed by atoms with E-state index in [2.05, 4.69) is 9.98 Å². The SMILES string of the molecule is O=C(O)c1ccc(C2(C(=O)c3cc(C(F)(F)F)ccc3F)C=CC=N2)nc1. The summed E-state index contributed by atoms with van der Waals surface area (Å²) in [6, 6.07) is 3.90. The Hall–Kier alpha value is -3.36. The molecule has 138 valence electrons. The molecule has 0 amide bonds. The number of carbonyl (C=O) groups is 2. The molecule has 5 nitrogen and oxygen atoms in total. The Balaban J connectivity index is 2.11. The number of hydrogen-bond donors (Lipinski definition) is 1. The fourth-order valence-corrected chi connectivity index (χ4v) is 2.61. The van der Waals surface area contributed by atoms with Crippen molar-refractivity contribution in [3.63, 3.8) is 0 Å². The molecule has 1 N–H and O–H groups in total. The maximum atomic E-state index is 14.2. The van der Waals surface area contributed by atoms with Crippen molar-refractivity contribution in [3.05, 3.63) is 76.9 Å². The number of alkyl halides is 3. The molecule has 1 aromatic carbocycles. The highest BCUT2D eigenvalue weighted by molar-refractivity contribution is 6.07. The van der Waals surface area contributed by atoms with Crippen molar-refractivity contribution in [2.75, 3.05) is 0 Å². The number of aromatic carboxylic acids is 1. The van der Waals surface area contributed by atoms with Crippen LogP contribution in [-0.4, -0.2) is 28.1 Å². The van der Waals surface area contributed by atoms with Crippen molar-refractivity contribution in [1.29, 1.82) is 0 Å². The van der Waals surface area contributed by atoms with Gasteiger partial charge in [-0.3, -0.25) is 14.8 Å². The molecule has 0 saturated heterocycles. The number of aromatic nitrogens is 1. The van der Waals surface area contributed by atoms with Gasteiger partial charge in [-0.2, -0.15) is 13.2 Å². The lowest BCUT2D eigenvalue weighted by Gasteiger charge is -2.23. The first-order valence-corrected chi connectivity index (χ1v) is 7.49. The molecular formula is C18H10F4N2O3. The summed E-state index contributed by atoms with van der Waals surface area (Å²) < 4.78 is 53.0. The van der Waals surface area contributed by atoms with E-state index in [1.165, 1.54) is 30.5 Å². The van der Waals surface area contributed by atoms with E-state index < -0.39 is 40.4 Å². The van der Waals surface area contributed by atoms with Crippen LogP contribution in [0.1, 0.15) is 32.0 Å². The van der Waals surface area contributed by atoms with Gasteiger partial charge in [-0.1, -0.05) is 0 Å². The van der Waals surface area contributed by atoms with Crippen LogP contribution in [0.15, 0.2) is 53.7 Å². The molecule has 2 heterocycles. The van der Waals surface area contributed by atoms with E-state index in [1.54, 1.807) is 0 Å². The maximum absolute atomic E-state index is 14.2. The van der Waals surface area contributed by atoms with Gasteiger partial charge in [-0.05, 0) is 42.5 Å². The summed E-state index contributed by atoms with van der Waals surface area (Å²) in [7, 11) is 0. The van der Waals surface area contributed by atoms with Crippen LogP contribution in [0.4, 0.5) is 17.6 Å². The maximum Gasteiger partial charge on any atom is 0.416 e. The fourth-order valence-electron chi connectivity index (χ4n) is 2.61. The molecule has 2 aromatic rings. The topological polar surface area (TPSA) is 79.6 Å². The number of Topliss-reactive ketones (excluding diaryl/α,β-unsaturated/α-hetero) is 1. The Labute approximate surface area is 149 Å². The van der Waals surface area contributed by atoms with Crippen LogP contribution in [0.5, 0.6) is 0 Å².